The van der Waals surface area contributed by atoms with Gasteiger partial charge in [-0.05, 0) is 5.56 Å². The Hall–Kier alpha value is -0.940. The van der Waals surface area contributed by atoms with Crippen LogP contribution < -0.4 is 0 Å². The van der Waals surface area contributed by atoms with Crippen molar-refractivity contribution < 1.29 is 19.3 Å². The highest BCUT2D eigenvalue weighted by Crippen LogP contribution is 2.40. The first-order valence-corrected chi connectivity index (χ1v) is 6.54. The summed E-state index contributed by atoms with van der Waals surface area (Å²) < 4.78 is 17.0. The first-order valence-electron chi connectivity index (χ1n) is 6.54. The predicted octanol–water partition coefficient (Wildman–Crippen LogP) is 1.96. The lowest BCUT2D eigenvalue weighted by atomic mass is 9.85. The summed E-state index contributed by atoms with van der Waals surface area (Å²) in [4.78, 5) is 0. The van der Waals surface area contributed by atoms with Gasteiger partial charge < -0.3 is 19.3 Å². The molecule has 1 heterocycles. The molecule has 0 radical (unpaired) electrons. The lowest BCUT2D eigenvalue weighted by Crippen LogP contribution is -2.39. The average molecular weight is 266 g/mol. The fourth-order valence-corrected chi connectivity index (χ4v) is 2.60. The monoisotopic (exact) mass is 266 g/mol. The molecular weight excluding hydrogens is 244 g/mol. The van der Waals surface area contributed by atoms with Crippen LogP contribution in [0.15, 0.2) is 30.3 Å². The number of aliphatic hydroxyl groups is 1. The van der Waals surface area contributed by atoms with Crippen LogP contribution in [0.3, 0.4) is 0 Å². The third-order valence-corrected chi connectivity index (χ3v) is 3.64. The van der Waals surface area contributed by atoms with Gasteiger partial charge in [0.25, 0.3) is 0 Å². The molecule has 4 heteroatoms. The molecule has 1 aromatic carbocycles. The Morgan fingerprint density at radius 1 is 1.26 bits per heavy atom. The molecule has 0 aliphatic carbocycles. The van der Waals surface area contributed by atoms with Crippen LogP contribution in [0.1, 0.15) is 19.4 Å². The van der Waals surface area contributed by atoms with Crippen molar-refractivity contribution in [1.82, 2.24) is 0 Å². The molecule has 0 aromatic heterocycles. The van der Waals surface area contributed by atoms with Gasteiger partial charge in [0.05, 0.1) is 19.3 Å². The Bertz CT molecular complexity index is 390. The fourth-order valence-electron chi connectivity index (χ4n) is 2.60. The van der Waals surface area contributed by atoms with E-state index in [-0.39, 0.29) is 30.5 Å². The van der Waals surface area contributed by atoms with Crippen LogP contribution in [0.5, 0.6) is 0 Å². The topological polar surface area (TPSA) is 47.9 Å². The summed E-state index contributed by atoms with van der Waals surface area (Å²) >= 11 is 0. The molecular formula is C15H22O4. The zero-order valence-electron chi connectivity index (χ0n) is 11.7. The summed E-state index contributed by atoms with van der Waals surface area (Å²) in [6, 6.07) is 9.98. The fraction of sp³-hybridized carbons (Fsp3) is 0.600. The molecule has 4 nitrogen and oxygen atoms in total. The van der Waals surface area contributed by atoms with Gasteiger partial charge in [0, 0.05) is 12.5 Å². The SMILES string of the molecule is COC1O[C@H](CO)[C@@H](OCc2ccccc2)C1(C)C. The quantitative estimate of drug-likeness (QED) is 0.885. The lowest BCUT2D eigenvalue weighted by Gasteiger charge is -2.30. The molecule has 1 aliphatic rings. The number of hydrogen-bond acceptors (Lipinski definition) is 4. The van der Waals surface area contributed by atoms with Crippen molar-refractivity contribution in [3.05, 3.63) is 35.9 Å². The molecule has 3 atom stereocenters. The molecule has 1 aromatic rings. The Kier molecular flexibility index (Phi) is 4.58. The number of ether oxygens (including phenoxy) is 3. The normalized spacial score (nSPS) is 29.6. The van der Waals surface area contributed by atoms with E-state index in [0.29, 0.717) is 6.61 Å². The molecule has 106 valence electrons. The van der Waals surface area contributed by atoms with E-state index in [1.54, 1.807) is 7.11 Å². The molecule has 0 saturated carbocycles. The van der Waals surface area contributed by atoms with Gasteiger partial charge in [-0.2, -0.15) is 0 Å². The van der Waals surface area contributed by atoms with Crippen LogP contribution in [0.25, 0.3) is 0 Å². The summed E-state index contributed by atoms with van der Waals surface area (Å²) in [6.07, 6.45) is -0.892. The van der Waals surface area contributed by atoms with Crippen LogP contribution in [-0.2, 0) is 20.8 Å². The van der Waals surface area contributed by atoms with Gasteiger partial charge in [-0.25, -0.2) is 0 Å². The molecule has 1 aliphatic heterocycles. The summed E-state index contributed by atoms with van der Waals surface area (Å²) in [5.74, 6) is 0. The van der Waals surface area contributed by atoms with Crippen molar-refractivity contribution in [1.29, 1.82) is 0 Å². The Balaban J connectivity index is 2.04. The van der Waals surface area contributed by atoms with E-state index >= 15 is 0 Å². The van der Waals surface area contributed by atoms with Crippen molar-refractivity contribution in [3.8, 4) is 0 Å². The van der Waals surface area contributed by atoms with Gasteiger partial charge in [0.1, 0.15) is 6.10 Å². The second kappa shape index (κ2) is 6.01. The number of benzene rings is 1. The van der Waals surface area contributed by atoms with Gasteiger partial charge >= 0.3 is 0 Å². The van der Waals surface area contributed by atoms with Crippen molar-refractivity contribution in [3.63, 3.8) is 0 Å². The Labute approximate surface area is 114 Å². The summed E-state index contributed by atoms with van der Waals surface area (Å²) in [7, 11) is 1.61. The predicted molar refractivity (Wildman–Crippen MR) is 71.6 cm³/mol. The van der Waals surface area contributed by atoms with E-state index in [1.165, 1.54) is 0 Å². The molecule has 0 spiro atoms. The van der Waals surface area contributed by atoms with Gasteiger partial charge in [-0.1, -0.05) is 44.2 Å². The minimum atomic E-state index is -0.356. The average Bonchev–Trinajstić information content (AvgIpc) is 2.67. The molecule has 2 rings (SSSR count). The van der Waals surface area contributed by atoms with Crippen LogP contribution in [0.2, 0.25) is 0 Å². The highest BCUT2D eigenvalue weighted by atomic mass is 16.7. The van der Waals surface area contributed by atoms with E-state index in [2.05, 4.69) is 0 Å². The van der Waals surface area contributed by atoms with Crippen LogP contribution in [0, 0.1) is 5.41 Å². The molecule has 0 amide bonds. The highest BCUT2D eigenvalue weighted by molar-refractivity contribution is 5.13. The third kappa shape index (κ3) is 2.98. The third-order valence-electron chi connectivity index (χ3n) is 3.64. The van der Waals surface area contributed by atoms with Crippen molar-refractivity contribution in [2.45, 2.75) is 39.0 Å². The molecule has 1 saturated heterocycles. The first kappa shape index (κ1) is 14.5. The summed E-state index contributed by atoms with van der Waals surface area (Å²) in [6.45, 7) is 4.51. The molecule has 0 bridgehead atoms. The number of aliphatic hydroxyl groups excluding tert-OH is 1. The van der Waals surface area contributed by atoms with Gasteiger partial charge in [0.2, 0.25) is 0 Å². The van der Waals surface area contributed by atoms with E-state index in [9.17, 15) is 5.11 Å². The van der Waals surface area contributed by atoms with Crippen LogP contribution >= 0.6 is 0 Å². The van der Waals surface area contributed by atoms with Crippen molar-refractivity contribution >= 4 is 0 Å². The maximum atomic E-state index is 9.42. The first-order chi connectivity index (χ1) is 9.09. The van der Waals surface area contributed by atoms with Gasteiger partial charge in [-0.3, -0.25) is 0 Å². The lowest BCUT2D eigenvalue weighted by molar-refractivity contribution is -0.155. The van der Waals surface area contributed by atoms with E-state index < -0.39 is 0 Å². The molecule has 1 N–H and O–H groups in total. The largest absolute Gasteiger partial charge is 0.394 e. The van der Waals surface area contributed by atoms with E-state index in [1.807, 2.05) is 44.2 Å². The highest BCUT2D eigenvalue weighted by Gasteiger charge is 2.51. The van der Waals surface area contributed by atoms with Crippen molar-refractivity contribution in [2.24, 2.45) is 5.41 Å². The van der Waals surface area contributed by atoms with Gasteiger partial charge in [-0.15, -0.1) is 0 Å². The molecule has 1 unspecified atom stereocenters. The number of rotatable bonds is 5. The smallest absolute Gasteiger partial charge is 0.165 e. The number of hydrogen-bond donors (Lipinski definition) is 1. The summed E-state index contributed by atoms with van der Waals surface area (Å²) in [5, 5.41) is 9.42. The van der Waals surface area contributed by atoms with E-state index in [0.717, 1.165) is 5.56 Å². The van der Waals surface area contributed by atoms with Crippen molar-refractivity contribution in [2.75, 3.05) is 13.7 Å². The Morgan fingerprint density at radius 2 is 1.95 bits per heavy atom. The maximum Gasteiger partial charge on any atom is 0.165 e. The summed E-state index contributed by atoms with van der Waals surface area (Å²) in [5.41, 5.74) is 0.813. The second-order valence-corrected chi connectivity index (χ2v) is 5.46. The second-order valence-electron chi connectivity index (χ2n) is 5.46. The molecule has 1 fully saturated rings. The standard InChI is InChI=1S/C15H22O4/c1-15(2)13(12(9-16)19-14(15)17-3)18-10-11-7-5-4-6-8-11/h4-8,12-14,16H,9-10H2,1-3H3/t12-,13-,14?/m1/s1. The Morgan fingerprint density at radius 3 is 2.53 bits per heavy atom. The minimum Gasteiger partial charge on any atom is -0.394 e. The van der Waals surface area contributed by atoms with Crippen LogP contribution in [-0.4, -0.2) is 37.3 Å². The van der Waals surface area contributed by atoms with E-state index in [4.69, 9.17) is 14.2 Å². The molecule has 19 heavy (non-hydrogen) atoms. The number of methoxy groups -OCH3 is 1. The minimum absolute atomic E-state index is 0.0667. The van der Waals surface area contributed by atoms with Crippen LogP contribution in [0.4, 0.5) is 0 Å². The van der Waals surface area contributed by atoms with Gasteiger partial charge in [0.15, 0.2) is 6.29 Å². The zero-order chi connectivity index (χ0) is 13.9. The zero-order valence-corrected chi connectivity index (χ0v) is 11.7. The maximum absolute atomic E-state index is 9.42.